The van der Waals surface area contributed by atoms with Gasteiger partial charge >= 0.3 is 5.97 Å². The van der Waals surface area contributed by atoms with E-state index < -0.39 is 0 Å². The maximum atomic E-state index is 11.0. The van der Waals surface area contributed by atoms with Crippen LogP contribution in [-0.4, -0.2) is 13.1 Å². The maximum Gasteiger partial charge on any atom is 0.308 e. The molecule has 4 nitrogen and oxygen atoms in total. The molecule has 2 rings (SSSR count). The van der Waals surface area contributed by atoms with Gasteiger partial charge in [0, 0.05) is 11.8 Å². The van der Waals surface area contributed by atoms with E-state index in [9.17, 15) is 4.79 Å². The molecule has 0 amide bonds. The number of carbonyl (C=O) groups excluding carboxylic acids is 1. The van der Waals surface area contributed by atoms with Crippen LogP contribution in [0.1, 0.15) is 23.4 Å². The monoisotopic (exact) mass is 313 g/mol. The topological polar surface area (TPSA) is 61.6 Å². The summed E-state index contributed by atoms with van der Waals surface area (Å²) in [5, 5.41) is 1.99. The molecule has 0 bridgehead atoms. The summed E-state index contributed by atoms with van der Waals surface area (Å²) in [6, 6.07) is 9.07. The molecule has 0 fully saturated rings. The van der Waals surface area contributed by atoms with Gasteiger partial charge in [-0.25, -0.2) is 0 Å². The molecule has 6 heteroatoms. The Kier molecular flexibility index (Phi) is 6.01. The van der Waals surface area contributed by atoms with E-state index in [-0.39, 0.29) is 24.4 Å². The number of methoxy groups -OCH3 is 1. The van der Waals surface area contributed by atoms with Gasteiger partial charge in [-0.05, 0) is 29.1 Å². The van der Waals surface area contributed by atoms with E-state index in [2.05, 4.69) is 0 Å². The number of hydrogen-bond acceptors (Lipinski definition) is 5. The average Bonchev–Trinajstić information content (AvgIpc) is 2.91. The summed E-state index contributed by atoms with van der Waals surface area (Å²) in [6.07, 6.45) is 0. The van der Waals surface area contributed by atoms with Crippen LogP contribution in [0.15, 0.2) is 35.7 Å². The van der Waals surface area contributed by atoms with Gasteiger partial charge in [0.1, 0.15) is 0 Å². The highest BCUT2D eigenvalue weighted by molar-refractivity contribution is 7.10. The van der Waals surface area contributed by atoms with E-state index >= 15 is 0 Å². The highest BCUT2D eigenvalue weighted by atomic mass is 35.5. The van der Waals surface area contributed by atoms with Crippen molar-refractivity contribution in [1.82, 2.24) is 0 Å². The normalized spacial score (nSPS) is 11.3. The van der Waals surface area contributed by atoms with Crippen molar-refractivity contribution in [2.24, 2.45) is 5.73 Å². The standard InChI is InChI=1S/C14H15NO3S.ClH/c1-9(16)18-11-6-5-10(8-12(11)17-2)14(15)13-4-3-7-19-13;/h3-8,14H,15H2,1-2H3;1H/t14-;/m1./s1. The lowest BCUT2D eigenvalue weighted by atomic mass is 10.1. The van der Waals surface area contributed by atoms with Crippen molar-refractivity contribution in [1.29, 1.82) is 0 Å². The zero-order valence-electron chi connectivity index (χ0n) is 11.2. The van der Waals surface area contributed by atoms with Gasteiger partial charge in [0.25, 0.3) is 0 Å². The number of benzene rings is 1. The fourth-order valence-electron chi connectivity index (χ4n) is 1.75. The lowest BCUT2D eigenvalue weighted by Crippen LogP contribution is -2.11. The third-order valence-electron chi connectivity index (χ3n) is 2.65. The summed E-state index contributed by atoms with van der Waals surface area (Å²) < 4.78 is 10.3. The Balaban J connectivity index is 0.00000200. The lowest BCUT2D eigenvalue weighted by Gasteiger charge is -2.14. The Bertz CT molecular complexity index is 572. The van der Waals surface area contributed by atoms with Gasteiger partial charge in [-0.2, -0.15) is 0 Å². The fraction of sp³-hybridized carbons (Fsp3) is 0.214. The van der Waals surface area contributed by atoms with Gasteiger partial charge in [-0.3, -0.25) is 4.79 Å². The highest BCUT2D eigenvalue weighted by Crippen LogP contribution is 2.32. The molecule has 0 saturated carbocycles. The molecule has 1 heterocycles. The van der Waals surface area contributed by atoms with Crippen LogP contribution in [0.2, 0.25) is 0 Å². The molecule has 0 unspecified atom stereocenters. The number of esters is 1. The Hall–Kier alpha value is -1.56. The van der Waals surface area contributed by atoms with Gasteiger partial charge in [-0.15, -0.1) is 23.7 Å². The fourth-order valence-corrected chi connectivity index (χ4v) is 2.50. The van der Waals surface area contributed by atoms with Crippen LogP contribution < -0.4 is 15.2 Å². The Morgan fingerprint density at radius 1 is 1.30 bits per heavy atom. The second-order valence-electron chi connectivity index (χ2n) is 4.00. The second kappa shape index (κ2) is 7.28. The molecule has 108 valence electrons. The van der Waals surface area contributed by atoms with E-state index in [4.69, 9.17) is 15.2 Å². The molecule has 2 N–H and O–H groups in total. The van der Waals surface area contributed by atoms with Gasteiger partial charge in [0.05, 0.1) is 13.2 Å². The van der Waals surface area contributed by atoms with E-state index in [0.717, 1.165) is 10.4 Å². The number of rotatable bonds is 4. The summed E-state index contributed by atoms with van der Waals surface area (Å²) in [5.41, 5.74) is 7.09. The molecule has 0 spiro atoms. The zero-order chi connectivity index (χ0) is 13.8. The molecule has 0 aliphatic heterocycles. The smallest absolute Gasteiger partial charge is 0.308 e. The van der Waals surface area contributed by atoms with Crippen molar-refractivity contribution in [3.63, 3.8) is 0 Å². The van der Waals surface area contributed by atoms with Crippen LogP contribution in [-0.2, 0) is 4.79 Å². The number of hydrogen-bond donors (Lipinski definition) is 1. The number of halogens is 1. The largest absolute Gasteiger partial charge is 0.493 e. The van der Waals surface area contributed by atoms with Crippen LogP contribution in [0.4, 0.5) is 0 Å². The van der Waals surface area contributed by atoms with Crippen molar-refractivity contribution in [2.75, 3.05) is 7.11 Å². The molecule has 1 atom stereocenters. The van der Waals surface area contributed by atoms with Gasteiger partial charge in [0.15, 0.2) is 11.5 Å². The first-order chi connectivity index (χ1) is 9.11. The third kappa shape index (κ3) is 3.72. The minimum Gasteiger partial charge on any atom is -0.493 e. The van der Waals surface area contributed by atoms with E-state index in [1.54, 1.807) is 23.5 Å². The van der Waals surface area contributed by atoms with Crippen molar-refractivity contribution in [2.45, 2.75) is 13.0 Å². The predicted octanol–water partition coefficient (Wildman–Crippen LogP) is 3.15. The highest BCUT2D eigenvalue weighted by Gasteiger charge is 2.14. The van der Waals surface area contributed by atoms with Crippen LogP contribution in [0.5, 0.6) is 11.5 Å². The van der Waals surface area contributed by atoms with Gasteiger partial charge in [0.2, 0.25) is 0 Å². The number of thiophene rings is 1. The average molecular weight is 314 g/mol. The molecule has 0 aliphatic carbocycles. The summed E-state index contributed by atoms with van der Waals surface area (Å²) >= 11 is 1.60. The van der Waals surface area contributed by atoms with Crippen molar-refractivity contribution in [3.05, 3.63) is 46.2 Å². The minimum atomic E-state index is -0.381. The molecule has 0 saturated heterocycles. The molecular formula is C14H16ClNO3S. The zero-order valence-corrected chi connectivity index (χ0v) is 12.8. The van der Waals surface area contributed by atoms with E-state index in [1.807, 2.05) is 23.6 Å². The summed E-state index contributed by atoms with van der Waals surface area (Å²) in [4.78, 5) is 12.1. The Labute approximate surface area is 127 Å². The SMILES string of the molecule is COc1cc([C@@H](N)c2cccs2)ccc1OC(C)=O.Cl. The molecule has 0 radical (unpaired) electrons. The van der Waals surface area contributed by atoms with Gasteiger partial charge in [-0.1, -0.05) is 12.1 Å². The lowest BCUT2D eigenvalue weighted by molar-refractivity contribution is -0.132. The van der Waals surface area contributed by atoms with E-state index in [1.165, 1.54) is 14.0 Å². The van der Waals surface area contributed by atoms with Crippen LogP contribution >= 0.6 is 23.7 Å². The van der Waals surface area contributed by atoms with E-state index in [0.29, 0.717) is 11.5 Å². The predicted molar refractivity (Wildman–Crippen MR) is 81.9 cm³/mol. The first-order valence-electron chi connectivity index (χ1n) is 5.77. The van der Waals surface area contributed by atoms with Crippen LogP contribution in [0, 0.1) is 0 Å². The number of ether oxygens (including phenoxy) is 2. The summed E-state index contributed by atoms with van der Waals surface area (Å²) in [6.45, 7) is 1.35. The van der Waals surface area contributed by atoms with Gasteiger partial charge < -0.3 is 15.2 Å². The molecule has 2 aromatic rings. The summed E-state index contributed by atoms with van der Waals surface area (Å²) in [5.74, 6) is 0.519. The first kappa shape index (κ1) is 16.5. The quantitative estimate of drug-likeness (QED) is 0.696. The first-order valence-corrected chi connectivity index (χ1v) is 6.65. The molecule has 0 aliphatic rings. The number of carbonyl (C=O) groups is 1. The maximum absolute atomic E-state index is 11.0. The van der Waals surface area contributed by atoms with Crippen molar-refractivity contribution < 1.29 is 14.3 Å². The third-order valence-corrected chi connectivity index (χ3v) is 3.61. The molecule has 1 aromatic carbocycles. The second-order valence-corrected chi connectivity index (χ2v) is 4.98. The summed E-state index contributed by atoms with van der Waals surface area (Å²) in [7, 11) is 1.53. The molecule has 1 aromatic heterocycles. The molecular weight excluding hydrogens is 298 g/mol. The van der Waals surface area contributed by atoms with Crippen molar-refractivity contribution >= 4 is 29.7 Å². The molecule has 20 heavy (non-hydrogen) atoms. The van der Waals surface area contributed by atoms with Crippen molar-refractivity contribution in [3.8, 4) is 11.5 Å². The van der Waals surface area contributed by atoms with Crippen LogP contribution in [0.3, 0.4) is 0 Å². The minimum absolute atomic E-state index is 0. The van der Waals surface area contributed by atoms with Crippen LogP contribution in [0.25, 0.3) is 0 Å². The Morgan fingerprint density at radius 2 is 2.05 bits per heavy atom. The Morgan fingerprint density at radius 3 is 2.60 bits per heavy atom. The number of nitrogens with two attached hydrogens (primary N) is 1.